The lowest BCUT2D eigenvalue weighted by atomic mass is 9.93. The Labute approximate surface area is 97.1 Å². The van der Waals surface area contributed by atoms with Gasteiger partial charge in [0.05, 0.1) is 0 Å². The summed E-state index contributed by atoms with van der Waals surface area (Å²) in [4.78, 5) is 3.76. The first-order valence-corrected chi connectivity index (χ1v) is 6.40. The molecule has 0 amide bonds. The first-order valence-electron chi connectivity index (χ1n) is 5.52. The highest BCUT2D eigenvalue weighted by molar-refractivity contribution is 7.10. The monoisotopic (exact) mass is 226 g/mol. The van der Waals surface area contributed by atoms with Crippen LogP contribution in [-0.4, -0.2) is 25.5 Å². The minimum atomic E-state index is 0.472. The molecule has 1 aromatic rings. The summed E-state index contributed by atoms with van der Waals surface area (Å²) in [5, 5.41) is 2.17. The van der Waals surface area contributed by atoms with E-state index in [4.69, 9.17) is 5.73 Å². The van der Waals surface area contributed by atoms with Gasteiger partial charge < -0.3 is 10.6 Å². The Hall–Kier alpha value is -0.380. The van der Waals surface area contributed by atoms with Gasteiger partial charge in [-0.2, -0.15) is 0 Å². The number of thiophene rings is 1. The van der Waals surface area contributed by atoms with Gasteiger partial charge in [0.2, 0.25) is 0 Å². The summed E-state index contributed by atoms with van der Waals surface area (Å²) >= 11 is 1.85. The number of nitrogens with two attached hydrogens (primary N) is 1. The fraction of sp³-hybridized carbons (Fsp3) is 0.667. The smallest absolute Gasteiger partial charge is 0.0478 e. The van der Waals surface area contributed by atoms with Crippen molar-refractivity contribution in [1.29, 1.82) is 0 Å². The van der Waals surface area contributed by atoms with Crippen LogP contribution in [0, 0.1) is 12.8 Å². The number of rotatable bonds is 5. The summed E-state index contributed by atoms with van der Waals surface area (Å²) in [6.45, 7) is 5.17. The number of aryl methyl sites for hydroxylation is 1. The van der Waals surface area contributed by atoms with Crippen molar-refractivity contribution in [2.24, 2.45) is 11.7 Å². The highest BCUT2D eigenvalue weighted by atomic mass is 32.1. The van der Waals surface area contributed by atoms with Crippen LogP contribution in [0.15, 0.2) is 11.4 Å². The average Bonchev–Trinajstić information content (AvgIpc) is 2.60. The van der Waals surface area contributed by atoms with Crippen molar-refractivity contribution in [2.75, 3.05) is 20.6 Å². The van der Waals surface area contributed by atoms with Gasteiger partial charge in [0.25, 0.3) is 0 Å². The second-order valence-corrected chi connectivity index (χ2v) is 5.23. The highest BCUT2D eigenvalue weighted by Crippen LogP contribution is 2.34. The van der Waals surface area contributed by atoms with E-state index in [2.05, 4.69) is 44.3 Å². The van der Waals surface area contributed by atoms with E-state index < -0.39 is 0 Å². The van der Waals surface area contributed by atoms with Gasteiger partial charge in [-0.1, -0.05) is 13.3 Å². The van der Waals surface area contributed by atoms with E-state index in [0.717, 1.165) is 13.0 Å². The van der Waals surface area contributed by atoms with E-state index in [1.54, 1.807) is 0 Å². The fourth-order valence-electron chi connectivity index (χ4n) is 2.08. The molecule has 1 aromatic heterocycles. The lowest BCUT2D eigenvalue weighted by molar-refractivity contribution is 0.214. The molecule has 1 heterocycles. The zero-order valence-corrected chi connectivity index (χ0v) is 11.0. The van der Waals surface area contributed by atoms with Crippen LogP contribution in [0.2, 0.25) is 0 Å². The maximum absolute atomic E-state index is 5.86. The van der Waals surface area contributed by atoms with Crippen molar-refractivity contribution >= 4 is 11.3 Å². The van der Waals surface area contributed by atoms with Gasteiger partial charge in [-0.15, -0.1) is 11.3 Å². The molecule has 0 spiro atoms. The van der Waals surface area contributed by atoms with Crippen LogP contribution in [0.5, 0.6) is 0 Å². The average molecular weight is 226 g/mol. The minimum absolute atomic E-state index is 0.472. The highest BCUT2D eigenvalue weighted by Gasteiger charge is 2.24. The molecule has 0 aromatic carbocycles. The lowest BCUT2D eigenvalue weighted by Gasteiger charge is -2.31. The van der Waals surface area contributed by atoms with E-state index in [-0.39, 0.29) is 0 Å². The van der Waals surface area contributed by atoms with Crippen LogP contribution in [0.25, 0.3) is 0 Å². The largest absolute Gasteiger partial charge is 0.330 e. The number of hydrogen-bond acceptors (Lipinski definition) is 3. The summed E-state index contributed by atoms with van der Waals surface area (Å²) < 4.78 is 0. The van der Waals surface area contributed by atoms with Crippen LogP contribution in [0.1, 0.15) is 29.8 Å². The number of hydrogen-bond donors (Lipinski definition) is 1. The fourth-order valence-corrected chi connectivity index (χ4v) is 3.29. The molecule has 0 radical (unpaired) electrons. The predicted molar refractivity (Wildman–Crippen MR) is 68.3 cm³/mol. The van der Waals surface area contributed by atoms with Crippen LogP contribution < -0.4 is 5.73 Å². The quantitative estimate of drug-likeness (QED) is 0.836. The van der Waals surface area contributed by atoms with E-state index >= 15 is 0 Å². The molecule has 0 aliphatic carbocycles. The van der Waals surface area contributed by atoms with Crippen molar-refractivity contribution in [3.63, 3.8) is 0 Å². The molecule has 15 heavy (non-hydrogen) atoms. The van der Waals surface area contributed by atoms with Crippen molar-refractivity contribution < 1.29 is 0 Å². The van der Waals surface area contributed by atoms with E-state index in [1.807, 2.05) is 11.3 Å². The molecule has 1 rings (SSSR count). The second kappa shape index (κ2) is 5.64. The molecule has 0 aliphatic rings. The molecule has 86 valence electrons. The number of nitrogens with zero attached hydrogens (tertiary/aromatic N) is 1. The van der Waals surface area contributed by atoms with Gasteiger partial charge in [0.15, 0.2) is 0 Å². The summed E-state index contributed by atoms with van der Waals surface area (Å²) in [7, 11) is 4.28. The Balaban J connectivity index is 2.97. The van der Waals surface area contributed by atoms with Gasteiger partial charge in [-0.3, -0.25) is 0 Å². The summed E-state index contributed by atoms with van der Waals surface area (Å²) in [5.41, 5.74) is 7.25. The van der Waals surface area contributed by atoms with Gasteiger partial charge in [0, 0.05) is 10.9 Å². The Morgan fingerprint density at radius 1 is 1.47 bits per heavy atom. The van der Waals surface area contributed by atoms with Gasteiger partial charge in [0.1, 0.15) is 0 Å². The van der Waals surface area contributed by atoms with Crippen LogP contribution in [0.4, 0.5) is 0 Å². The normalized spacial score (nSPS) is 15.6. The third-order valence-corrected chi connectivity index (χ3v) is 4.09. The van der Waals surface area contributed by atoms with Crippen molar-refractivity contribution in [2.45, 2.75) is 26.3 Å². The van der Waals surface area contributed by atoms with Crippen molar-refractivity contribution in [3.8, 4) is 0 Å². The van der Waals surface area contributed by atoms with Gasteiger partial charge in [-0.25, -0.2) is 0 Å². The molecule has 2 nitrogen and oxygen atoms in total. The molecule has 0 aliphatic heterocycles. The summed E-state index contributed by atoms with van der Waals surface area (Å²) in [6, 6.07) is 2.67. The molecule has 2 N–H and O–H groups in total. The van der Waals surface area contributed by atoms with E-state index in [1.165, 1.54) is 10.4 Å². The molecular weight excluding hydrogens is 204 g/mol. The molecule has 0 saturated carbocycles. The maximum atomic E-state index is 5.86. The second-order valence-electron chi connectivity index (χ2n) is 4.28. The topological polar surface area (TPSA) is 29.3 Å². The van der Waals surface area contributed by atoms with Gasteiger partial charge in [-0.05, 0) is 50.5 Å². The molecule has 0 saturated heterocycles. The van der Waals surface area contributed by atoms with Crippen molar-refractivity contribution in [3.05, 3.63) is 21.9 Å². The lowest BCUT2D eigenvalue weighted by Crippen LogP contribution is -2.31. The van der Waals surface area contributed by atoms with E-state index in [9.17, 15) is 0 Å². The van der Waals surface area contributed by atoms with E-state index in [0.29, 0.717) is 12.0 Å². The predicted octanol–water partition coefficient (Wildman–Crippen LogP) is 2.64. The molecular formula is C12H22N2S. The first kappa shape index (κ1) is 12.7. The van der Waals surface area contributed by atoms with Gasteiger partial charge >= 0.3 is 0 Å². The van der Waals surface area contributed by atoms with Crippen LogP contribution in [-0.2, 0) is 0 Å². The Bertz CT molecular complexity index is 290. The molecule has 0 fully saturated rings. The zero-order valence-electron chi connectivity index (χ0n) is 10.2. The molecule has 0 bridgehead atoms. The minimum Gasteiger partial charge on any atom is -0.330 e. The maximum Gasteiger partial charge on any atom is 0.0478 e. The molecule has 3 heteroatoms. The third kappa shape index (κ3) is 2.80. The van der Waals surface area contributed by atoms with Crippen LogP contribution >= 0.6 is 11.3 Å². The zero-order chi connectivity index (χ0) is 11.4. The Kier molecular flexibility index (Phi) is 4.77. The molecule has 2 atom stereocenters. The molecule has 2 unspecified atom stereocenters. The SMILES string of the molecule is CCC(CN)C(c1sccc1C)N(C)C. The van der Waals surface area contributed by atoms with Crippen molar-refractivity contribution in [1.82, 2.24) is 4.90 Å². The van der Waals surface area contributed by atoms with Crippen LogP contribution in [0.3, 0.4) is 0 Å². The Morgan fingerprint density at radius 3 is 2.47 bits per heavy atom. The summed E-state index contributed by atoms with van der Waals surface area (Å²) in [5.74, 6) is 0.553. The first-order chi connectivity index (χ1) is 7.11. The third-order valence-electron chi connectivity index (χ3n) is 3.00. The summed E-state index contributed by atoms with van der Waals surface area (Å²) in [6.07, 6.45) is 1.14. The Morgan fingerprint density at radius 2 is 2.13 bits per heavy atom. The standard InChI is InChI=1S/C12H22N2S/c1-5-10(8-13)11(14(3)4)12-9(2)6-7-15-12/h6-7,10-11H,5,8,13H2,1-4H3.